The molecule has 0 saturated heterocycles. The van der Waals surface area contributed by atoms with Gasteiger partial charge in [0.1, 0.15) is 10.6 Å². The lowest BCUT2D eigenvalue weighted by Gasteiger charge is -2.23. The Hall–Kier alpha value is -2.94. The summed E-state index contributed by atoms with van der Waals surface area (Å²) in [6.07, 6.45) is 3.27. The van der Waals surface area contributed by atoms with Crippen LogP contribution < -0.4 is 10.1 Å². The van der Waals surface area contributed by atoms with Crippen LogP contribution in [-0.2, 0) is 27.9 Å². The lowest BCUT2D eigenvalue weighted by atomic mass is 10.2. The Balaban J connectivity index is 1.87. The molecule has 0 aliphatic heterocycles. The first kappa shape index (κ1) is 22.7. The lowest BCUT2D eigenvalue weighted by Crippen LogP contribution is -2.40. The lowest BCUT2D eigenvalue weighted by molar-refractivity contribution is -0.121. The zero-order valence-electron chi connectivity index (χ0n) is 16.9. The van der Waals surface area contributed by atoms with Crippen LogP contribution in [0.2, 0.25) is 5.02 Å². The molecule has 0 fully saturated rings. The summed E-state index contributed by atoms with van der Waals surface area (Å²) >= 11 is 6.04. The molecule has 0 atom stereocenters. The van der Waals surface area contributed by atoms with E-state index in [1.165, 1.54) is 19.2 Å². The number of hydrogen-bond acceptors (Lipinski definition) is 5. The second-order valence-electron chi connectivity index (χ2n) is 6.69. The average molecular weight is 460 g/mol. The second-order valence-corrected chi connectivity index (χ2v) is 9.03. The van der Waals surface area contributed by atoms with Crippen molar-refractivity contribution >= 4 is 27.5 Å². The van der Waals surface area contributed by atoms with Crippen molar-refractivity contribution in [1.29, 1.82) is 0 Å². The van der Waals surface area contributed by atoms with Gasteiger partial charge in [-0.1, -0.05) is 48.0 Å². The Bertz CT molecular complexity index is 1130. The van der Waals surface area contributed by atoms with Crippen molar-refractivity contribution in [3.8, 4) is 5.75 Å². The number of pyridine rings is 1. The van der Waals surface area contributed by atoms with Gasteiger partial charge in [-0.05, 0) is 35.4 Å². The van der Waals surface area contributed by atoms with Crippen LogP contribution in [0.25, 0.3) is 0 Å². The molecule has 0 aliphatic rings. The minimum Gasteiger partial charge on any atom is -0.495 e. The SMILES string of the molecule is COc1ccc(Cl)cc1S(=O)(=O)N(CC(=O)NCc1cccnc1)Cc1ccccc1. The molecule has 3 aromatic rings. The maximum Gasteiger partial charge on any atom is 0.247 e. The van der Waals surface area contributed by atoms with Gasteiger partial charge in [0.15, 0.2) is 0 Å². The number of nitrogens with zero attached hydrogens (tertiary/aromatic N) is 2. The summed E-state index contributed by atoms with van der Waals surface area (Å²) in [5.41, 5.74) is 1.55. The summed E-state index contributed by atoms with van der Waals surface area (Å²) < 4.78 is 33.3. The third-order valence-corrected chi connectivity index (χ3v) is 6.53. The van der Waals surface area contributed by atoms with E-state index in [1.807, 2.05) is 24.3 Å². The second kappa shape index (κ2) is 10.4. The predicted molar refractivity (Wildman–Crippen MR) is 118 cm³/mol. The Morgan fingerprint density at radius 2 is 1.84 bits per heavy atom. The highest BCUT2D eigenvalue weighted by Gasteiger charge is 2.30. The quantitative estimate of drug-likeness (QED) is 0.530. The highest BCUT2D eigenvalue weighted by Crippen LogP contribution is 2.30. The number of carbonyl (C=O) groups excluding carboxylic acids is 1. The minimum atomic E-state index is -4.09. The highest BCUT2D eigenvalue weighted by molar-refractivity contribution is 7.89. The monoisotopic (exact) mass is 459 g/mol. The summed E-state index contributed by atoms with van der Waals surface area (Å²) in [5.74, 6) is -0.289. The first-order valence-electron chi connectivity index (χ1n) is 9.43. The molecule has 1 N–H and O–H groups in total. The maximum atomic E-state index is 13.5. The maximum absolute atomic E-state index is 13.5. The number of nitrogens with one attached hydrogen (secondary N) is 1. The number of rotatable bonds is 9. The van der Waals surface area contributed by atoms with E-state index in [0.717, 1.165) is 15.4 Å². The summed E-state index contributed by atoms with van der Waals surface area (Å²) in [4.78, 5) is 16.5. The molecular weight excluding hydrogens is 438 g/mol. The Morgan fingerprint density at radius 1 is 1.10 bits per heavy atom. The first-order valence-corrected chi connectivity index (χ1v) is 11.2. The van der Waals surface area contributed by atoms with Crippen LogP contribution in [-0.4, -0.2) is 37.3 Å². The fourth-order valence-electron chi connectivity index (χ4n) is 2.92. The van der Waals surface area contributed by atoms with Gasteiger partial charge in [-0.25, -0.2) is 8.42 Å². The topological polar surface area (TPSA) is 88.6 Å². The molecule has 0 unspecified atom stereocenters. The molecule has 1 heterocycles. The number of aromatic nitrogens is 1. The van der Waals surface area contributed by atoms with Crippen molar-refractivity contribution < 1.29 is 17.9 Å². The van der Waals surface area contributed by atoms with Crippen molar-refractivity contribution in [3.05, 3.63) is 89.2 Å². The first-order chi connectivity index (χ1) is 14.9. The molecule has 0 bridgehead atoms. The van der Waals surface area contributed by atoms with E-state index in [4.69, 9.17) is 16.3 Å². The number of amides is 1. The van der Waals surface area contributed by atoms with Gasteiger partial charge < -0.3 is 10.1 Å². The van der Waals surface area contributed by atoms with Crippen LogP contribution >= 0.6 is 11.6 Å². The van der Waals surface area contributed by atoms with Crippen molar-refractivity contribution in [2.24, 2.45) is 0 Å². The number of sulfonamides is 1. The van der Waals surface area contributed by atoms with Gasteiger partial charge in [-0.15, -0.1) is 0 Å². The molecular formula is C22H22ClN3O4S. The predicted octanol–water partition coefficient (Wildman–Crippen LogP) is 3.25. The molecule has 0 aliphatic carbocycles. The molecule has 1 amide bonds. The molecule has 3 rings (SSSR count). The van der Waals surface area contributed by atoms with Gasteiger partial charge in [0.05, 0.1) is 13.7 Å². The third kappa shape index (κ3) is 6.04. The Kier molecular flexibility index (Phi) is 7.62. The molecule has 0 saturated carbocycles. The zero-order chi connectivity index (χ0) is 22.3. The molecule has 0 radical (unpaired) electrons. The van der Waals surface area contributed by atoms with Gasteiger partial charge in [-0.2, -0.15) is 4.31 Å². The molecule has 9 heteroatoms. The van der Waals surface area contributed by atoms with Crippen LogP contribution in [0.5, 0.6) is 5.75 Å². The molecule has 162 valence electrons. The molecule has 0 spiro atoms. The third-order valence-electron chi connectivity index (χ3n) is 4.48. The van der Waals surface area contributed by atoms with E-state index in [1.54, 1.807) is 36.7 Å². The number of methoxy groups -OCH3 is 1. The van der Waals surface area contributed by atoms with Crippen LogP contribution in [0, 0.1) is 0 Å². The van der Waals surface area contributed by atoms with Gasteiger partial charge in [0.2, 0.25) is 15.9 Å². The van der Waals surface area contributed by atoms with Crippen molar-refractivity contribution in [2.45, 2.75) is 18.0 Å². The summed E-state index contributed by atoms with van der Waals surface area (Å²) in [5, 5.41) is 2.99. The summed E-state index contributed by atoms with van der Waals surface area (Å²) in [6, 6.07) is 17.0. The normalized spacial score (nSPS) is 11.3. The number of hydrogen-bond donors (Lipinski definition) is 1. The Labute approximate surface area is 186 Å². The fraction of sp³-hybridized carbons (Fsp3) is 0.182. The van der Waals surface area contributed by atoms with E-state index >= 15 is 0 Å². The van der Waals surface area contributed by atoms with Gasteiger partial charge >= 0.3 is 0 Å². The number of ether oxygens (including phenoxy) is 1. The van der Waals surface area contributed by atoms with E-state index in [2.05, 4.69) is 10.3 Å². The van der Waals surface area contributed by atoms with Gasteiger partial charge in [0.25, 0.3) is 0 Å². The summed E-state index contributed by atoms with van der Waals surface area (Å²) in [7, 11) is -2.71. The van der Waals surface area contributed by atoms with Crippen LogP contribution in [0.15, 0.2) is 78.0 Å². The van der Waals surface area contributed by atoms with Crippen molar-refractivity contribution in [1.82, 2.24) is 14.6 Å². The Morgan fingerprint density at radius 3 is 2.52 bits per heavy atom. The molecule has 1 aromatic heterocycles. The highest BCUT2D eigenvalue weighted by atomic mass is 35.5. The van der Waals surface area contributed by atoms with Gasteiger partial charge in [-0.3, -0.25) is 9.78 Å². The number of carbonyl (C=O) groups is 1. The molecule has 31 heavy (non-hydrogen) atoms. The van der Waals surface area contributed by atoms with E-state index in [-0.39, 0.29) is 35.3 Å². The van der Waals surface area contributed by atoms with E-state index < -0.39 is 15.9 Å². The van der Waals surface area contributed by atoms with Crippen LogP contribution in [0.3, 0.4) is 0 Å². The van der Waals surface area contributed by atoms with Crippen molar-refractivity contribution in [2.75, 3.05) is 13.7 Å². The fourth-order valence-corrected chi connectivity index (χ4v) is 4.73. The van der Waals surface area contributed by atoms with E-state index in [9.17, 15) is 13.2 Å². The van der Waals surface area contributed by atoms with Crippen LogP contribution in [0.1, 0.15) is 11.1 Å². The minimum absolute atomic E-state index is 0.0130. The average Bonchev–Trinajstić information content (AvgIpc) is 2.78. The zero-order valence-corrected chi connectivity index (χ0v) is 18.4. The van der Waals surface area contributed by atoms with Crippen LogP contribution in [0.4, 0.5) is 0 Å². The largest absolute Gasteiger partial charge is 0.495 e. The summed E-state index contributed by atoms with van der Waals surface area (Å²) in [6.45, 7) is -0.112. The van der Waals surface area contributed by atoms with Gasteiger partial charge in [0, 0.05) is 30.5 Å². The standard InChI is InChI=1S/C22H22ClN3O4S/c1-30-20-10-9-19(23)12-21(20)31(28,29)26(15-17-6-3-2-4-7-17)16-22(27)25-14-18-8-5-11-24-13-18/h2-13H,14-16H2,1H3,(H,25,27). The smallest absolute Gasteiger partial charge is 0.247 e. The van der Waals surface area contributed by atoms with E-state index in [0.29, 0.717) is 0 Å². The molecule has 2 aromatic carbocycles. The number of halogens is 1. The molecule has 7 nitrogen and oxygen atoms in total. The van der Waals surface area contributed by atoms with Crippen molar-refractivity contribution in [3.63, 3.8) is 0 Å². The number of benzene rings is 2.